The topological polar surface area (TPSA) is 82.4 Å². The van der Waals surface area contributed by atoms with Gasteiger partial charge in [-0.1, -0.05) is 13.0 Å². The molecule has 0 radical (unpaired) electrons. The van der Waals surface area contributed by atoms with Crippen molar-refractivity contribution >= 4 is 10.0 Å². The molecule has 0 amide bonds. The van der Waals surface area contributed by atoms with E-state index >= 15 is 0 Å². The molecule has 6 nitrogen and oxygen atoms in total. The number of nitrogens with one attached hydrogen (secondary N) is 1. The lowest BCUT2D eigenvalue weighted by atomic mass is 9.95. The first-order chi connectivity index (χ1) is 10.8. The highest BCUT2D eigenvalue weighted by molar-refractivity contribution is 7.88. The number of sulfonamides is 1. The van der Waals surface area contributed by atoms with Gasteiger partial charge in [0.2, 0.25) is 10.0 Å². The van der Waals surface area contributed by atoms with Crippen LogP contribution in [0.15, 0.2) is 18.2 Å². The minimum absolute atomic E-state index is 0.243. The molecular formula is C16H23N3O3S. The number of piperidine rings is 1. The molecule has 1 fully saturated rings. The number of nitriles is 1. The molecule has 126 valence electrons. The first-order valence-corrected chi connectivity index (χ1v) is 9.45. The van der Waals surface area contributed by atoms with E-state index in [9.17, 15) is 8.42 Å². The van der Waals surface area contributed by atoms with Crippen LogP contribution in [-0.2, 0) is 16.6 Å². The highest BCUT2D eigenvalue weighted by Crippen LogP contribution is 2.21. The average molecular weight is 337 g/mol. The second kappa shape index (κ2) is 7.30. The zero-order valence-electron chi connectivity index (χ0n) is 13.7. The standard InChI is InChI=1S/C16H23N3O3S/c1-12-11-19(23(3,20)21)7-6-15(12)18-10-13-4-5-16(22-2)14(8-13)9-17/h4-5,8,12,15,18H,6-7,10-11H2,1-3H3. The van der Waals surface area contributed by atoms with Crippen molar-refractivity contribution in [2.75, 3.05) is 26.5 Å². The van der Waals surface area contributed by atoms with Crippen molar-refractivity contribution in [3.8, 4) is 11.8 Å². The Morgan fingerprint density at radius 2 is 2.22 bits per heavy atom. The Balaban J connectivity index is 1.96. The molecule has 1 saturated heterocycles. The van der Waals surface area contributed by atoms with Gasteiger partial charge in [0, 0.05) is 25.7 Å². The van der Waals surface area contributed by atoms with Crippen LogP contribution in [0.5, 0.6) is 5.75 Å². The zero-order chi connectivity index (χ0) is 17.0. The lowest BCUT2D eigenvalue weighted by molar-refractivity contribution is 0.220. The van der Waals surface area contributed by atoms with E-state index in [1.54, 1.807) is 13.2 Å². The first kappa shape index (κ1) is 17.7. The molecule has 1 N–H and O–H groups in total. The van der Waals surface area contributed by atoms with Gasteiger partial charge in [0.1, 0.15) is 11.8 Å². The largest absolute Gasteiger partial charge is 0.495 e. The van der Waals surface area contributed by atoms with Crippen molar-refractivity contribution in [3.63, 3.8) is 0 Å². The van der Waals surface area contributed by atoms with Crippen molar-refractivity contribution in [1.82, 2.24) is 9.62 Å². The highest BCUT2D eigenvalue weighted by Gasteiger charge is 2.29. The molecule has 2 unspecified atom stereocenters. The summed E-state index contributed by atoms with van der Waals surface area (Å²) in [5.41, 5.74) is 1.53. The maximum Gasteiger partial charge on any atom is 0.211 e. The van der Waals surface area contributed by atoms with Gasteiger partial charge in [-0.05, 0) is 30.0 Å². The smallest absolute Gasteiger partial charge is 0.211 e. The van der Waals surface area contributed by atoms with E-state index in [0.717, 1.165) is 12.0 Å². The third-order valence-electron chi connectivity index (χ3n) is 4.29. The predicted molar refractivity (Wildman–Crippen MR) is 88.5 cm³/mol. The van der Waals surface area contributed by atoms with Gasteiger partial charge < -0.3 is 10.1 Å². The summed E-state index contributed by atoms with van der Waals surface area (Å²) >= 11 is 0. The summed E-state index contributed by atoms with van der Waals surface area (Å²) in [6.45, 7) is 3.80. The normalized spacial score (nSPS) is 22.5. The van der Waals surface area contributed by atoms with Gasteiger partial charge in [-0.25, -0.2) is 12.7 Å². The highest BCUT2D eigenvalue weighted by atomic mass is 32.2. The third-order valence-corrected chi connectivity index (χ3v) is 5.56. The Hall–Kier alpha value is -1.62. The number of hydrogen-bond donors (Lipinski definition) is 1. The quantitative estimate of drug-likeness (QED) is 0.876. The Bertz CT molecular complexity index is 697. The van der Waals surface area contributed by atoms with Gasteiger partial charge in [-0.2, -0.15) is 5.26 Å². The number of benzene rings is 1. The van der Waals surface area contributed by atoms with Crippen LogP contribution in [0, 0.1) is 17.2 Å². The fourth-order valence-corrected chi connectivity index (χ4v) is 3.86. The van der Waals surface area contributed by atoms with Crippen molar-refractivity contribution in [1.29, 1.82) is 5.26 Å². The summed E-state index contributed by atoms with van der Waals surface area (Å²) < 4.78 is 29.9. The fourth-order valence-electron chi connectivity index (χ4n) is 2.91. The van der Waals surface area contributed by atoms with E-state index in [1.165, 1.54) is 10.6 Å². The van der Waals surface area contributed by atoms with Gasteiger partial charge in [-0.3, -0.25) is 0 Å². The predicted octanol–water partition coefficient (Wildman–Crippen LogP) is 1.33. The molecule has 1 aromatic carbocycles. The number of hydrogen-bond acceptors (Lipinski definition) is 5. The Morgan fingerprint density at radius 3 is 2.78 bits per heavy atom. The van der Waals surface area contributed by atoms with Crippen molar-refractivity contribution in [2.24, 2.45) is 5.92 Å². The van der Waals surface area contributed by atoms with Crippen LogP contribution < -0.4 is 10.1 Å². The maximum atomic E-state index is 11.6. The molecule has 0 spiro atoms. The maximum absolute atomic E-state index is 11.6. The molecule has 2 rings (SSSR count). The monoisotopic (exact) mass is 337 g/mol. The number of ether oxygens (including phenoxy) is 1. The Kier molecular flexibility index (Phi) is 5.63. The van der Waals surface area contributed by atoms with Gasteiger partial charge in [0.25, 0.3) is 0 Å². The van der Waals surface area contributed by atoms with E-state index < -0.39 is 10.0 Å². The Morgan fingerprint density at radius 1 is 1.48 bits per heavy atom. The summed E-state index contributed by atoms with van der Waals surface area (Å²) in [5, 5.41) is 12.6. The Labute approximate surface area is 138 Å². The van der Waals surface area contributed by atoms with Crippen LogP contribution in [0.2, 0.25) is 0 Å². The minimum atomic E-state index is -3.11. The van der Waals surface area contributed by atoms with Crippen LogP contribution in [0.25, 0.3) is 0 Å². The second-order valence-electron chi connectivity index (χ2n) is 6.02. The molecule has 1 aliphatic rings. The number of rotatable bonds is 5. The van der Waals surface area contributed by atoms with E-state index in [1.807, 2.05) is 12.1 Å². The van der Waals surface area contributed by atoms with E-state index in [2.05, 4.69) is 18.3 Å². The summed E-state index contributed by atoms with van der Waals surface area (Å²) in [7, 11) is -1.56. The van der Waals surface area contributed by atoms with Crippen LogP contribution in [0.1, 0.15) is 24.5 Å². The molecule has 0 aromatic heterocycles. The second-order valence-corrected chi connectivity index (χ2v) is 8.00. The van der Waals surface area contributed by atoms with Gasteiger partial charge in [0.05, 0.1) is 18.9 Å². The van der Waals surface area contributed by atoms with Gasteiger partial charge in [0.15, 0.2) is 0 Å². The summed E-state index contributed by atoms with van der Waals surface area (Å²) in [6.07, 6.45) is 2.05. The lowest BCUT2D eigenvalue weighted by Gasteiger charge is -2.36. The molecular weight excluding hydrogens is 314 g/mol. The lowest BCUT2D eigenvalue weighted by Crippen LogP contribution is -2.49. The average Bonchev–Trinajstić information content (AvgIpc) is 2.52. The molecule has 23 heavy (non-hydrogen) atoms. The number of methoxy groups -OCH3 is 1. The molecule has 2 atom stereocenters. The zero-order valence-corrected chi connectivity index (χ0v) is 14.6. The van der Waals surface area contributed by atoms with Crippen LogP contribution >= 0.6 is 0 Å². The SMILES string of the molecule is COc1ccc(CNC2CCN(S(C)(=O)=O)CC2C)cc1C#N. The first-order valence-electron chi connectivity index (χ1n) is 7.60. The molecule has 0 saturated carbocycles. The van der Waals surface area contributed by atoms with E-state index in [-0.39, 0.29) is 12.0 Å². The summed E-state index contributed by atoms with van der Waals surface area (Å²) in [4.78, 5) is 0. The van der Waals surface area contributed by atoms with Crippen LogP contribution in [-0.4, -0.2) is 45.2 Å². The molecule has 1 heterocycles. The fraction of sp³-hybridized carbons (Fsp3) is 0.562. The summed E-state index contributed by atoms with van der Waals surface area (Å²) in [6, 6.07) is 7.95. The minimum Gasteiger partial charge on any atom is -0.495 e. The van der Waals surface area contributed by atoms with E-state index in [0.29, 0.717) is 30.9 Å². The van der Waals surface area contributed by atoms with Gasteiger partial charge >= 0.3 is 0 Å². The molecule has 0 aliphatic carbocycles. The van der Waals surface area contributed by atoms with Crippen LogP contribution in [0.3, 0.4) is 0 Å². The molecule has 0 bridgehead atoms. The number of nitrogens with zero attached hydrogens (tertiary/aromatic N) is 2. The van der Waals surface area contributed by atoms with Crippen LogP contribution in [0.4, 0.5) is 0 Å². The molecule has 1 aromatic rings. The van der Waals surface area contributed by atoms with Gasteiger partial charge in [-0.15, -0.1) is 0 Å². The van der Waals surface area contributed by atoms with E-state index in [4.69, 9.17) is 10.00 Å². The van der Waals surface area contributed by atoms with Crippen molar-refractivity contribution < 1.29 is 13.2 Å². The molecule has 1 aliphatic heterocycles. The van der Waals surface area contributed by atoms with Crippen molar-refractivity contribution in [3.05, 3.63) is 29.3 Å². The summed E-state index contributed by atoms with van der Waals surface area (Å²) in [5.74, 6) is 0.818. The molecule has 7 heteroatoms. The van der Waals surface area contributed by atoms with Crippen molar-refractivity contribution in [2.45, 2.75) is 25.9 Å². The third kappa shape index (κ3) is 4.44.